The molecule has 0 aliphatic carbocycles. The summed E-state index contributed by atoms with van der Waals surface area (Å²) >= 11 is 0. The number of likely N-dealkylation sites (N-methyl/N-ethyl adjacent to an activating group) is 1. The first-order valence-corrected chi connectivity index (χ1v) is 7.68. The molecule has 2 atom stereocenters. The van der Waals surface area contributed by atoms with Crippen molar-refractivity contribution < 1.29 is 19.1 Å². The molecule has 2 saturated heterocycles. The zero-order valence-electron chi connectivity index (χ0n) is 13.2. The highest BCUT2D eigenvalue weighted by Gasteiger charge is 2.47. The van der Waals surface area contributed by atoms with Gasteiger partial charge in [-0.2, -0.15) is 0 Å². The van der Waals surface area contributed by atoms with Gasteiger partial charge in [-0.05, 0) is 12.3 Å². The number of carbonyl (C=O) groups excluding carboxylic acids is 2. The van der Waals surface area contributed by atoms with Crippen LogP contribution < -0.4 is 5.32 Å². The molecule has 2 amide bonds. The first-order chi connectivity index (χ1) is 9.94. The topological polar surface area (TPSA) is 67.9 Å². The van der Waals surface area contributed by atoms with E-state index in [2.05, 4.69) is 19.2 Å². The minimum Gasteiger partial charge on any atom is -0.370 e. The molecule has 6 nitrogen and oxygen atoms in total. The number of likely N-dealkylation sites (tertiary alicyclic amines) is 1. The Morgan fingerprint density at radius 2 is 2.24 bits per heavy atom. The van der Waals surface area contributed by atoms with Crippen LogP contribution in [0.2, 0.25) is 0 Å². The summed E-state index contributed by atoms with van der Waals surface area (Å²) in [6.07, 6.45) is 2.15. The summed E-state index contributed by atoms with van der Waals surface area (Å²) in [7, 11) is 1.59. The zero-order valence-corrected chi connectivity index (χ0v) is 13.2. The Labute approximate surface area is 126 Å². The smallest absolute Gasteiger partial charge is 0.245 e. The first-order valence-electron chi connectivity index (χ1n) is 7.68. The fourth-order valence-electron chi connectivity index (χ4n) is 3.00. The molecule has 0 bridgehead atoms. The summed E-state index contributed by atoms with van der Waals surface area (Å²) in [5, 5.41) is 2.53. The highest BCUT2D eigenvalue weighted by Crippen LogP contribution is 2.36. The number of amides is 2. The zero-order chi connectivity index (χ0) is 15.5. The van der Waals surface area contributed by atoms with Gasteiger partial charge in [-0.25, -0.2) is 0 Å². The Morgan fingerprint density at radius 1 is 1.48 bits per heavy atom. The summed E-state index contributed by atoms with van der Waals surface area (Å²) in [5.74, 6) is 0.457. The van der Waals surface area contributed by atoms with Crippen LogP contribution in [0.15, 0.2) is 0 Å². The van der Waals surface area contributed by atoms with Crippen molar-refractivity contribution in [2.45, 2.75) is 44.8 Å². The maximum atomic E-state index is 12.1. The minimum atomic E-state index is -0.264. The molecule has 2 rings (SSSR count). The Kier molecular flexibility index (Phi) is 5.22. The van der Waals surface area contributed by atoms with E-state index in [1.165, 1.54) is 0 Å². The molecule has 0 saturated carbocycles. The SMILES string of the molecule is CNC(=O)COC1COC2(CCN(C(=O)CC(C)C)C2)C1. The summed E-state index contributed by atoms with van der Waals surface area (Å²) in [6, 6.07) is 0. The second-order valence-electron chi connectivity index (χ2n) is 6.47. The molecule has 0 aromatic heterocycles. The number of ether oxygens (including phenoxy) is 2. The van der Waals surface area contributed by atoms with Gasteiger partial charge in [-0.3, -0.25) is 9.59 Å². The lowest BCUT2D eigenvalue weighted by molar-refractivity contribution is -0.132. The van der Waals surface area contributed by atoms with Crippen LogP contribution >= 0.6 is 0 Å². The van der Waals surface area contributed by atoms with Crippen LogP contribution in [0, 0.1) is 5.92 Å². The largest absolute Gasteiger partial charge is 0.370 e. The molecule has 0 radical (unpaired) electrons. The minimum absolute atomic E-state index is 0.0533. The average molecular weight is 298 g/mol. The van der Waals surface area contributed by atoms with Crippen LogP contribution in [0.1, 0.15) is 33.1 Å². The number of nitrogens with one attached hydrogen (secondary N) is 1. The van der Waals surface area contributed by atoms with Crippen molar-refractivity contribution in [2.75, 3.05) is 33.4 Å². The van der Waals surface area contributed by atoms with Crippen molar-refractivity contribution in [2.24, 2.45) is 5.92 Å². The van der Waals surface area contributed by atoms with Gasteiger partial charge in [0, 0.05) is 33.0 Å². The number of carbonyl (C=O) groups is 2. The van der Waals surface area contributed by atoms with Gasteiger partial charge in [-0.1, -0.05) is 13.8 Å². The van der Waals surface area contributed by atoms with Crippen molar-refractivity contribution in [3.05, 3.63) is 0 Å². The van der Waals surface area contributed by atoms with E-state index in [0.717, 1.165) is 19.4 Å². The number of hydrogen-bond donors (Lipinski definition) is 1. The molecule has 2 heterocycles. The molecule has 2 unspecified atom stereocenters. The highest BCUT2D eigenvalue weighted by atomic mass is 16.6. The third kappa shape index (κ3) is 4.17. The van der Waals surface area contributed by atoms with Crippen LogP contribution in [-0.4, -0.2) is 61.8 Å². The molecule has 2 fully saturated rings. The summed E-state index contributed by atoms with van der Waals surface area (Å²) in [5.41, 5.74) is -0.264. The van der Waals surface area contributed by atoms with Gasteiger partial charge in [0.05, 0.1) is 18.3 Å². The van der Waals surface area contributed by atoms with Crippen molar-refractivity contribution in [1.29, 1.82) is 0 Å². The van der Waals surface area contributed by atoms with Gasteiger partial charge in [0.25, 0.3) is 0 Å². The lowest BCUT2D eigenvalue weighted by Crippen LogP contribution is -2.36. The number of rotatable bonds is 5. The molecule has 2 aliphatic rings. The van der Waals surface area contributed by atoms with E-state index >= 15 is 0 Å². The lowest BCUT2D eigenvalue weighted by Gasteiger charge is -2.23. The van der Waals surface area contributed by atoms with E-state index in [9.17, 15) is 9.59 Å². The molecule has 0 aromatic carbocycles. The van der Waals surface area contributed by atoms with E-state index in [1.54, 1.807) is 7.05 Å². The molecule has 0 aromatic rings. The number of nitrogens with zero attached hydrogens (tertiary/aromatic N) is 1. The van der Waals surface area contributed by atoms with Crippen molar-refractivity contribution in [3.63, 3.8) is 0 Å². The van der Waals surface area contributed by atoms with Gasteiger partial charge >= 0.3 is 0 Å². The highest BCUT2D eigenvalue weighted by molar-refractivity contribution is 5.77. The van der Waals surface area contributed by atoms with Crippen LogP contribution in [0.4, 0.5) is 0 Å². The van der Waals surface area contributed by atoms with E-state index in [4.69, 9.17) is 9.47 Å². The maximum absolute atomic E-state index is 12.1. The first kappa shape index (κ1) is 16.2. The maximum Gasteiger partial charge on any atom is 0.245 e. The Hall–Kier alpha value is -1.14. The van der Waals surface area contributed by atoms with Gasteiger partial charge in [-0.15, -0.1) is 0 Å². The molecular formula is C15H26N2O4. The fraction of sp³-hybridized carbons (Fsp3) is 0.867. The van der Waals surface area contributed by atoms with E-state index < -0.39 is 0 Å². The normalized spacial score (nSPS) is 28.6. The van der Waals surface area contributed by atoms with Crippen molar-refractivity contribution in [1.82, 2.24) is 10.2 Å². The van der Waals surface area contributed by atoms with Crippen LogP contribution in [-0.2, 0) is 19.1 Å². The van der Waals surface area contributed by atoms with E-state index in [-0.39, 0.29) is 30.1 Å². The van der Waals surface area contributed by atoms with Gasteiger partial charge in [0.2, 0.25) is 11.8 Å². The van der Waals surface area contributed by atoms with Crippen LogP contribution in [0.25, 0.3) is 0 Å². The van der Waals surface area contributed by atoms with Crippen molar-refractivity contribution in [3.8, 4) is 0 Å². The van der Waals surface area contributed by atoms with Crippen LogP contribution in [0.5, 0.6) is 0 Å². The molecular weight excluding hydrogens is 272 g/mol. The third-order valence-corrected chi connectivity index (χ3v) is 4.16. The average Bonchev–Trinajstić information content (AvgIpc) is 3.03. The quantitative estimate of drug-likeness (QED) is 0.805. The molecule has 21 heavy (non-hydrogen) atoms. The Bertz CT molecular complexity index is 399. The monoisotopic (exact) mass is 298 g/mol. The molecule has 1 N–H and O–H groups in total. The Balaban J connectivity index is 1.80. The van der Waals surface area contributed by atoms with Gasteiger partial charge < -0.3 is 19.7 Å². The van der Waals surface area contributed by atoms with Crippen molar-refractivity contribution >= 4 is 11.8 Å². The molecule has 1 spiro atoms. The standard InChI is InChI=1S/C15H26N2O4/c1-11(2)6-14(19)17-5-4-15(10-17)7-12(8-21-15)20-9-13(18)16-3/h11-12H,4-10H2,1-3H3,(H,16,18). The predicted octanol–water partition coefficient (Wildman–Crippen LogP) is 0.555. The molecule has 2 aliphatic heterocycles. The molecule has 120 valence electrons. The summed E-state index contributed by atoms with van der Waals surface area (Å²) in [6.45, 7) is 6.09. The van der Waals surface area contributed by atoms with Crippen LogP contribution in [0.3, 0.4) is 0 Å². The van der Waals surface area contributed by atoms with E-state index in [1.807, 2.05) is 4.90 Å². The number of hydrogen-bond acceptors (Lipinski definition) is 4. The third-order valence-electron chi connectivity index (χ3n) is 4.16. The second kappa shape index (κ2) is 6.75. The van der Waals surface area contributed by atoms with Gasteiger partial charge in [0.15, 0.2) is 0 Å². The predicted molar refractivity (Wildman–Crippen MR) is 77.8 cm³/mol. The Morgan fingerprint density at radius 3 is 2.90 bits per heavy atom. The summed E-state index contributed by atoms with van der Waals surface area (Å²) in [4.78, 5) is 25.2. The second-order valence-corrected chi connectivity index (χ2v) is 6.47. The van der Waals surface area contributed by atoms with Gasteiger partial charge in [0.1, 0.15) is 6.61 Å². The lowest BCUT2D eigenvalue weighted by atomic mass is 9.98. The van der Waals surface area contributed by atoms with E-state index in [0.29, 0.717) is 25.5 Å². The molecule has 6 heteroatoms. The summed E-state index contributed by atoms with van der Waals surface area (Å²) < 4.78 is 11.5. The fourth-order valence-corrected chi connectivity index (χ4v) is 3.00.